The van der Waals surface area contributed by atoms with Crippen LogP contribution in [0.2, 0.25) is 0 Å². The maximum Gasteiger partial charge on any atom is 0.0902 e. The number of hydrogen-bond donors (Lipinski definition) is 5. The van der Waals surface area contributed by atoms with Gasteiger partial charge in [0.2, 0.25) is 0 Å². The lowest BCUT2D eigenvalue weighted by molar-refractivity contribution is -0.246. The van der Waals surface area contributed by atoms with E-state index < -0.39 is 17.6 Å². The van der Waals surface area contributed by atoms with Crippen molar-refractivity contribution >= 4 is 0 Å². The topological polar surface area (TPSA) is 101 Å². The third-order valence-corrected chi connectivity index (χ3v) is 12.4. The largest absolute Gasteiger partial charge is 0.396 e. The van der Waals surface area contributed by atoms with Gasteiger partial charge in [-0.2, -0.15) is 0 Å². The summed E-state index contributed by atoms with van der Waals surface area (Å²) in [6, 6.07) is 0. The van der Waals surface area contributed by atoms with Crippen molar-refractivity contribution in [3.8, 4) is 0 Å². The molecule has 0 aliphatic heterocycles. The van der Waals surface area contributed by atoms with Crippen molar-refractivity contribution in [1.29, 1.82) is 0 Å². The van der Waals surface area contributed by atoms with Crippen LogP contribution in [0.4, 0.5) is 0 Å². The van der Waals surface area contributed by atoms with Gasteiger partial charge >= 0.3 is 0 Å². The molecule has 0 aromatic carbocycles. The molecule has 1 spiro atoms. The summed E-state index contributed by atoms with van der Waals surface area (Å²) >= 11 is 0. The van der Waals surface area contributed by atoms with Crippen LogP contribution in [0.3, 0.4) is 0 Å². The van der Waals surface area contributed by atoms with Crippen molar-refractivity contribution in [2.75, 3.05) is 19.8 Å². The SMILES string of the molecule is C[C@@]1(CO)CC[C@@]2(C=C3C=C[C@@H]4[C@@]5(C)C[C@@H](O)[C@@H](O)C(CO)(CO)[C@H]5CC[C@@]4(C)[C@]3(C)CC2)C1. The lowest BCUT2D eigenvalue weighted by atomic mass is 9.35. The van der Waals surface area contributed by atoms with E-state index in [2.05, 4.69) is 45.9 Å². The fourth-order valence-electron chi connectivity index (χ4n) is 10.0. The van der Waals surface area contributed by atoms with Gasteiger partial charge in [-0.1, -0.05) is 45.9 Å². The van der Waals surface area contributed by atoms with Gasteiger partial charge in [-0.05, 0) is 95.9 Å². The highest BCUT2D eigenvalue weighted by Gasteiger charge is 2.68. The first-order chi connectivity index (χ1) is 15.9. The van der Waals surface area contributed by atoms with Crippen LogP contribution >= 0.6 is 0 Å². The van der Waals surface area contributed by atoms with Crippen LogP contribution in [0.5, 0.6) is 0 Å². The summed E-state index contributed by atoms with van der Waals surface area (Å²) in [5.74, 6) is 0.140. The monoisotopic (exact) mass is 474 g/mol. The molecule has 0 bridgehead atoms. The Morgan fingerprint density at radius 2 is 1.56 bits per heavy atom. The third-order valence-electron chi connectivity index (χ3n) is 12.4. The first-order valence-corrected chi connectivity index (χ1v) is 13.5. The molecular formula is C29H46O5. The van der Waals surface area contributed by atoms with Crippen molar-refractivity contribution in [1.82, 2.24) is 0 Å². The zero-order valence-electron chi connectivity index (χ0n) is 21.6. The molecule has 9 atom stereocenters. The molecule has 0 unspecified atom stereocenters. The van der Waals surface area contributed by atoms with Crippen LogP contribution in [-0.2, 0) is 0 Å². The molecular weight excluding hydrogens is 428 g/mol. The van der Waals surface area contributed by atoms with Gasteiger partial charge in [0.15, 0.2) is 0 Å². The van der Waals surface area contributed by atoms with Gasteiger partial charge in [0.05, 0.1) is 25.4 Å². The van der Waals surface area contributed by atoms with Crippen molar-refractivity contribution < 1.29 is 25.5 Å². The first-order valence-electron chi connectivity index (χ1n) is 13.5. The van der Waals surface area contributed by atoms with Gasteiger partial charge < -0.3 is 25.5 Å². The van der Waals surface area contributed by atoms with Crippen molar-refractivity contribution in [3.05, 3.63) is 23.8 Å². The lowest BCUT2D eigenvalue weighted by Crippen LogP contribution is -2.68. The van der Waals surface area contributed by atoms with Crippen molar-refractivity contribution in [2.45, 2.75) is 91.3 Å². The molecule has 0 radical (unpaired) electrons. The van der Waals surface area contributed by atoms with E-state index in [9.17, 15) is 25.5 Å². The second-order valence-electron chi connectivity index (χ2n) is 14.1. The van der Waals surface area contributed by atoms with Crippen molar-refractivity contribution in [2.24, 2.45) is 44.3 Å². The number of aliphatic hydroxyl groups excluding tert-OH is 5. The Hall–Kier alpha value is -0.720. The van der Waals surface area contributed by atoms with Crippen LogP contribution < -0.4 is 0 Å². The molecule has 0 heterocycles. The Kier molecular flexibility index (Phi) is 5.61. The predicted octanol–water partition coefficient (Wildman–Crippen LogP) is 3.59. The van der Waals surface area contributed by atoms with Crippen LogP contribution in [0, 0.1) is 44.3 Å². The summed E-state index contributed by atoms with van der Waals surface area (Å²) in [4.78, 5) is 0. The number of fused-ring (bicyclic) bond motifs is 5. The fourth-order valence-corrected chi connectivity index (χ4v) is 10.0. The molecule has 3 saturated carbocycles. The summed E-state index contributed by atoms with van der Waals surface area (Å²) in [6.45, 7) is 8.94. The van der Waals surface area contributed by atoms with E-state index in [4.69, 9.17) is 0 Å². The molecule has 3 fully saturated rings. The number of rotatable bonds is 3. The molecule has 5 aliphatic rings. The zero-order valence-corrected chi connectivity index (χ0v) is 21.6. The minimum absolute atomic E-state index is 0.00199. The summed E-state index contributed by atoms with van der Waals surface area (Å²) in [6.07, 6.45) is 13.1. The van der Waals surface area contributed by atoms with E-state index in [1.54, 1.807) is 0 Å². The van der Waals surface area contributed by atoms with E-state index in [0.717, 1.165) is 44.9 Å². The average Bonchev–Trinajstić information content (AvgIpc) is 3.13. The van der Waals surface area contributed by atoms with Gasteiger partial charge in [-0.3, -0.25) is 0 Å². The highest BCUT2D eigenvalue weighted by atomic mass is 16.3. The fraction of sp³-hybridized carbons (Fsp3) is 0.862. The molecule has 5 rings (SSSR count). The van der Waals surface area contributed by atoms with Gasteiger partial charge in [-0.15, -0.1) is 0 Å². The molecule has 34 heavy (non-hydrogen) atoms. The Labute approximate surface area is 205 Å². The average molecular weight is 475 g/mol. The Bertz CT molecular complexity index is 893. The van der Waals surface area contributed by atoms with Gasteiger partial charge in [-0.25, -0.2) is 0 Å². The molecule has 5 heteroatoms. The molecule has 0 aromatic rings. The molecule has 0 amide bonds. The van der Waals surface area contributed by atoms with E-state index in [0.29, 0.717) is 6.42 Å². The standard InChI is InChI=1S/C29H46O5/c1-24(16-30)9-11-28(15-24)12-10-26(3)19(13-28)5-6-21-25(2)14-20(33)23(34)29(17-31,18-32)22(25)7-8-27(21,26)4/h5-6,13,20-23,30-34H,7-12,14-18H2,1-4H3/t20-,21-,22+,23-,24-,25-,26-,27-,28-/m1/s1. The van der Waals surface area contributed by atoms with Crippen LogP contribution in [0.1, 0.15) is 79.1 Å². The van der Waals surface area contributed by atoms with E-state index >= 15 is 0 Å². The lowest BCUT2D eigenvalue weighted by Gasteiger charge is -2.69. The Morgan fingerprint density at radius 3 is 2.18 bits per heavy atom. The summed E-state index contributed by atoms with van der Waals surface area (Å²) < 4.78 is 0. The maximum atomic E-state index is 10.9. The number of allylic oxidation sites excluding steroid dienone is 4. The Balaban J connectivity index is 1.57. The summed E-state index contributed by atoms with van der Waals surface area (Å²) in [5, 5.41) is 52.6. The molecule has 5 nitrogen and oxygen atoms in total. The molecule has 0 aromatic heterocycles. The minimum Gasteiger partial charge on any atom is -0.396 e. The maximum absolute atomic E-state index is 10.9. The quantitative estimate of drug-likeness (QED) is 0.430. The highest BCUT2D eigenvalue weighted by Crippen LogP contribution is 2.73. The predicted molar refractivity (Wildman–Crippen MR) is 132 cm³/mol. The third kappa shape index (κ3) is 2.97. The Morgan fingerprint density at radius 1 is 0.882 bits per heavy atom. The van der Waals surface area contributed by atoms with Crippen LogP contribution in [-0.4, -0.2) is 57.6 Å². The van der Waals surface area contributed by atoms with E-state index in [-0.39, 0.29) is 58.7 Å². The minimum atomic E-state index is -1.11. The zero-order chi connectivity index (χ0) is 24.8. The van der Waals surface area contributed by atoms with E-state index in [1.165, 1.54) is 5.57 Å². The number of hydrogen-bond acceptors (Lipinski definition) is 5. The molecule has 0 saturated heterocycles. The second-order valence-corrected chi connectivity index (χ2v) is 14.1. The van der Waals surface area contributed by atoms with Gasteiger partial charge in [0.25, 0.3) is 0 Å². The van der Waals surface area contributed by atoms with Crippen molar-refractivity contribution in [3.63, 3.8) is 0 Å². The highest BCUT2D eigenvalue weighted by molar-refractivity contribution is 5.41. The number of aliphatic hydroxyl groups is 5. The van der Waals surface area contributed by atoms with Crippen LogP contribution in [0.25, 0.3) is 0 Å². The van der Waals surface area contributed by atoms with Gasteiger partial charge in [0.1, 0.15) is 0 Å². The normalized spacial score (nSPS) is 53.7. The molecule has 5 N–H and O–H groups in total. The van der Waals surface area contributed by atoms with E-state index in [1.807, 2.05) is 0 Å². The van der Waals surface area contributed by atoms with Crippen LogP contribution in [0.15, 0.2) is 23.8 Å². The van der Waals surface area contributed by atoms with Gasteiger partial charge in [0, 0.05) is 12.0 Å². The summed E-state index contributed by atoms with van der Waals surface area (Å²) in [7, 11) is 0. The summed E-state index contributed by atoms with van der Waals surface area (Å²) in [5.41, 5.74) is 0.277. The first kappa shape index (κ1) is 25.0. The second kappa shape index (κ2) is 7.64. The molecule has 5 aliphatic carbocycles. The molecule has 192 valence electrons. The smallest absolute Gasteiger partial charge is 0.0902 e.